The van der Waals surface area contributed by atoms with Crippen LogP contribution in [0.15, 0.2) is 0 Å². The molecular formula is C23H43NO16. The lowest BCUT2D eigenvalue weighted by Gasteiger charge is -2.51. The van der Waals surface area contributed by atoms with Crippen LogP contribution < -0.4 is 5.73 Å². The van der Waals surface area contributed by atoms with E-state index in [1.54, 1.807) is 0 Å². The monoisotopic (exact) mass is 589 g/mol. The molecule has 0 amide bonds. The Labute approximate surface area is 229 Å². The van der Waals surface area contributed by atoms with Crippen LogP contribution in [-0.4, -0.2) is 166 Å². The molecule has 0 saturated carbocycles. The van der Waals surface area contributed by atoms with Gasteiger partial charge in [-0.05, 0) is 19.8 Å². The zero-order chi connectivity index (χ0) is 30.8. The molecule has 0 unspecified atom stereocenters. The topological polar surface area (TPSA) is 303 Å². The maximum Gasteiger partial charge on any atom is 0.205 e. The largest absolute Gasteiger partial charge is 0.394 e. The Hall–Kier alpha value is -0.970. The van der Waals surface area contributed by atoms with Gasteiger partial charge in [0.1, 0.15) is 66.1 Å². The first kappa shape index (κ1) is 35.2. The highest BCUT2D eigenvalue weighted by Crippen LogP contribution is 2.39. The van der Waals surface area contributed by atoms with Crippen LogP contribution in [-0.2, 0) is 23.7 Å². The molecule has 0 aromatic heterocycles. The maximum absolute atomic E-state index is 11.9. The number of rotatable bonds is 13. The lowest BCUT2D eigenvalue weighted by atomic mass is 9.68. The van der Waals surface area contributed by atoms with Crippen molar-refractivity contribution in [3.05, 3.63) is 0 Å². The molecule has 236 valence electrons. The van der Waals surface area contributed by atoms with E-state index in [9.17, 15) is 61.0 Å². The van der Waals surface area contributed by atoms with E-state index in [2.05, 4.69) is 0 Å². The summed E-state index contributed by atoms with van der Waals surface area (Å²) in [7, 11) is 0. The highest BCUT2D eigenvalue weighted by atomic mass is 16.7. The smallest absolute Gasteiger partial charge is 0.205 e. The molecule has 2 rings (SSSR count). The van der Waals surface area contributed by atoms with Gasteiger partial charge in [-0.15, -0.1) is 0 Å². The van der Waals surface area contributed by atoms with Crippen LogP contribution in [0.1, 0.15) is 33.6 Å². The molecule has 17 heteroatoms. The van der Waals surface area contributed by atoms with Crippen molar-refractivity contribution in [2.75, 3.05) is 19.8 Å². The van der Waals surface area contributed by atoms with Crippen molar-refractivity contribution in [1.82, 2.24) is 0 Å². The van der Waals surface area contributed by atoms with Gasteiger partial charge >= 0.3 is 0 Å². The van der Waals surface area contributed by atoms with E-state index < -0.39 is 123 Å². The van der Waals surface area contributed by atoms with Crippen molar-refractivity contribution in [2.45, 2.75) is 118 Å². The molecule has 0 aromatic carbocycles. The zero-order valence-corrected chi connectivity index (χ0v) is 22.4. The Kier molecular flexibility index (Phi) is 11.9. The van der Waals surface area contributed by atoms with Crippen molar-refractivity contribution >= 4 is 5.78 Å². The van der Waals surface area contributed by atoms with Crippen molar-refractivity contribution in [2.24, 2.45) is 5.73 Å². The predicted octanol–water partition coefficient (Wildman–Crippen LogP) is -6.49. The van der Waals surface area contributed by atoms with Gasteiger partial charge in [0.2, 0.25) is 5.72 Å². The highest BCUT2D eigenvalue weighted by Gasteiger charge is 2.63. The molecule has 17 nitrogen and oxygen atoms in total. The first-order chi connectivity index (χ1) is 18.4. The van der Waals surface area contributed by atoms with Gasteiger partial charge in [-0.3, -0.25) is 10.5 Å². The third-order valence-electron chi connectivity index (χ3n) is 7.85. The van der Waals surface area contributed by atoms with Crippen LogP contribution in [0.25, 0.3) is 0 Å². The molecule has 2 fully saturated rings. The first-order valence-corrected chi connectivity index (χ1v) is 12.8. The summed E-state index contributed by atoms with van der Waals surface area (Å²) in [6.45, 7) is 1.26. The van der Waals surface area contributed by atoms with Gasteiger partial charge in [0, 0.05) is 0 Å². The third-order valence-corrected chi connectivity index (χ3v) is 7.85. The Morgan fingerprint density at radius 1 is 0.825 bits per heavy atom. The second-order valence-corrected chi connectivity index (χ2v) is 10.2. The van der Waals surface area contributed by atoms with E-state index in [1.807, 2.05) is 0 Å². The molecule has 2 aliphatic rings. The predicted molar refractivity (Wildman–Crippen MR) is 129 cm³/mol. The van der Waals surface area contributed by atoms with Crippen molar-refractivity contribution in [1.29, 1.82) is 0 Å². The van der Waals surface area contributed by atoms with Crippen molar-refractivity contribution < 1.29 is 79.9 Å². The average molecular weight is 590 g/mol. The summed E-state index contributed by atoms with van der Waals surface area (Å²) in [4.78, 5) is 11.9. The minimum atomic E-state index is -2.97. The van der Waals surface area contributed by atoms with E-state index in [-0.39, 0.29) is 0 Å². The summed E-state index contributed by atoms with van der Waals surface area (Å²) in [6.07, 6.45) is -19.8. The minimum Gasteiger partial charge on any atom is -0.394 e. The number of aliphatic hydroxyl groups is 11. The van der Waals surface area contributed by atoms with E-state index in [1.165, 1.54) is 13.8 Å². The molecule has 2 heterocycles. The fourth-order valence-corrected chi connectivity index (χ4v) is 4.91. The van der Waals surface area contributed by atoms with E-state index in [0.717, 1.165) is 6.92 Å². The van der Waals surface area contributed by atoms with Gasteiger partial charge in [-0.2, -0.15) is 0 Å². The Bertz CT molecular complexity index is 833. The van der Waals surface area contributed by atoms with Crippen LogP contribution in [0.5, 0.6) is 0 Å². The molecule has 40 heavy (non-hydrogen) atoms. The molecule has 0 spiro atoms. The molecule has 0 aromatic rings. The van der Waals surface area contributed by atoms with E-state index in [0.29, 0.717) is 0 Å². The van der Waals surface area contributed by atoms with Crippen molar-refractivity contribution in [3.8, 4) is 0 Å². The number of nitrogens with two attached hydrogens (primary N) is 1. The highest BCUT2D eigenvalue weighted by molar-refractivity contribution is 5.85. The Morgan fingerprint density at radius 3 is 1.75 bits per heavy atom. The van der Waals surface area contributed by atoms with Gasteiger partial charge in [0.25, 0.3) is 0 Å². The first-order valence-electron chi connectivity index (χ1n) is 12.8. The zero-order valence-electron chi connectivity index (χ0n) is 22.4. The molecule has 2 aliphatic heterocycles. The standard InChI is InChI=1S/C23H43NO16/c1-4-21(34,22(35,5-2)23(24,36)9(3)26)12(27)8-38-20-18(33)16(31)14(29)11(40-20)7-37-19-17(32)15(30)13(28)10(6-25)39-19/h10-20,25,27-36H,4-8,24H2,1-3H3/t10-,11-,12-,13-,14-,15+,16+,17-,18-,19+,20+,21-,22+,23+/m1/s1. The Morgan fingerprint density at radius 2 is 1.30 bits per heavy atom. The van der Waals surface area contributed by atoms with Crippen LogP contribution in [0, 0.1) is 0 Å². The normalized spacial score (nSPS) is 40.5. The molecule has 0 bridgehead atoms. The van der Waals surface area contributed by atoms with Gasteiger partial charge < -0.3 is 75.1 Å². The lowest BCUT2D eigenvalue weighted by molar-refractivity contribution is -0.336. The minimum absolute atomic E-state index is 0.431. The summed E-state index contributed by atoms with van der Waals surface area (Å²) >= 11 is 0. The number of ether oxygens (including phenoxy) is 4. The van der Waals surface area contributed by atoms with Gasteiger partial charge in [0.05, 0.1) is 19.8 Å². The molecule has 13 N–H and O–H groups in total. The summed E-state index contributed by atoms with van der Waals surface area (Å²) in [5.74, 6) is -1.10. The summed E-state index contributed by atoms with van der Waals surface area (Å²) in [6, 6.07) is 0. The number of carbonyl (C=O) groups is 1. The third kappa shape index (κ3) is 6.35. The maximum atomic E-state index is 11.9. The number of hydrogen-bond donors (Lipinski definition) is 12. The van der Waals surface area contributed by atoms with E-state index >= 15 is 0 Å². The molecule has 2 saturated heterocycles. The van der Waals surface area contributed by atoms with Crippen molar-refractivity contribution in [3.63, 3.8) is 0 Å². The second-order valence-electron chi connectivity index (χ2n) is 10.2. The van der Waals surface area contributed by atoms with E-state index in [4.69, 9.17) is 24.7 Å². The average Bonchev–Trinajstić information content (AvgIpc) is 2.93. The fourth-order valence-electron chi connectivity index (χ4n) is 4.91. The number of Topliss-reactive ketones (excluding diaryl/α,β-unsaturated/α-hetero) is 1. The molecule has 0 radical (unpaired) electrons. The van der Waals surface area contributed by atoms with Gasteiger partial charge in [0.15, 0.2) is 18.4 Å². The van der Waals surface area contributed by atoms with Crippen LogP contribution in [0.3, 0.4) is 0 Å². The number of hydrogen-bond acceptors (Lipinski definition) is 17. The quantitative estimate of drug-likeness (QED) is 0.0888. The summed E-state index contributed by atoms with van der Waals surface area (Å²) < 4.78 is 21.3. The van der Waals surface area contributed by atoms with Gasteiger partial charge in [-0.1, -0.05) is 13.8 Å². The number of carbonyl (C=O) groups excluding carboxylic acids is 1. The SMILES string of the molecule is CC[C@@](O)([C@@](N)(O)C(C)=O)[C@@](O)(CC)[C@H](O)CO[C@H]1O[C@H](CO[C@H]2O[C@H](CO)[C@@H](O)[C@H](O)[C@H]2O)[C@@H](O)[C@H](O)[C@H]1O. The molecule has 14 atom stereocenters. The summed E-state index contributed by atoms with van der Waals surface area (Å²) in [5.41, 5.74) is -2.72. The molecular weight excluding hydrogens is 546 g/mol. The number of aliphatic hydroxyl groups excluding tert-OH is 8. The fraction of sp³-hybridized carbons (Fsp3) is 0.957. The molecule has 0 aliphatic carbocycles. The summed E-state index contributed by atoms with van der Waals surface area (Å²) in [5, 5.41) is 114. The van der Waals surface area contributed by atoms with Crippen LogP contribution in [0.2, 0.25) is 0 Å². The lowest BCUT2D eigenvalue weighted by Crippen LogP contribution is -2.77. The Balaban J connectivity index is 2.14. The van der Waals surface area contributed by atoms with Crippen LogP contribution >= 0.6 is 0 Å². The number of ketones is 1. The van der Waals surface area contributed by atoms with Crippen LogP contribution in [0.4, 0.5) is 0 Å². The van der Waals surface area contributed by atoms with Gasteiger partial charge in [-0.25, -0.2) is 0 Å². The second kappa shape index (κ2) is 13.6.